The van der Waals surface area contributed by atoms with Gasteiger partial charge in [-0.1, -0.05) is 65.7 Å². The summed E-state index contributed by atoms with van der Waals surface area (Å²) < 4.78 is 11.7. The smallest absolute Gasteiger partial charge is 0.180 e. The lowest BCUT2D eigenvalue weighted by Gasteiger charge is -2.16. The molecule has 1 N–H and O–H groups in total. The van der Waals surface area contributed by atoms with Crippen LogP contribution in [0.15, 0.2) is 66.7 Å². The van der Waals surface area contributed by atoms with Crippen molar-refractivity contribution in [3.05, 3.63) is 93.5 Å². The number of ether oxygens (including phenoxy) is 2. The summed E-state index contributed by atoms with van der Waals surface area (Å²) >= 11 is 12.4. The lowest BCUT2D eigenvalue weighted by molar-refractivity contribution is 0.269. The molecular weight excluding hydrogens is 393 g/mol. The second-order valence-electron chi connectivity index (χ2n) is 6.34. The SMILES string of the molecule is CCOc1cc(CNCc2ccccc2)cc(Cl)c1OCc1ccc(Cl)cc1. The Balaban J connectivity index is 1.67. The summed E-state index contributed by atoms with van der Waals surface area (Å²) in [6.45, 7) is 4.34. The van der Waals surface area contributed by atoms with Gasteiger partial charge in [0.1, 0.15) is 6.61 Å². The van der Waals surface area contributed by atoms with E-state index < -0.39 is 0 Å². The first-order valence-corrected chi connectivity index (χ1v) is 9.98. The lowest BCUT2D eigenvalue weighted by atomic mass is 10.1. The zero-order valence-corrected chi connectivity index (χ0v) is 17.3. The van der Waals surface area contributed by atoms with Crippen LogP contribution in [0, 0.1) is 0 Å². The van der Waals surface area contributed by atoms with Gasteiger partial charge in [0.15, 0.2) is 11.5 Å². The fourth-order valence-corrected chi connectivity index (χ4v) is 3.22. The third-order valence-corrected chi connectivity index (χ3v) is 4.70. The van der Waals surface area contributed by atoms with Crippen LogP contribution in [0.1, 0.15) is 23.6 Å². The largest absolute Gasteiger partial charge is 0.490 e. The maximum absolute atomic E-state index is 6.50. The van der Waals surface area contributed by atoms with Crippen LogP contribution in [0.3, 0.4) is 0 Å². The minimum atomic E-state index is 0.391. The van der Waals surface area contributed by atoms with Crippen molar-refractivity contribution in [3.8, 4) is 11.5 Å². The van der Waals surface area contributed by atoms with Gasteiger partial charge in [0.05, 0.1) is 11.6 Å². The van der Waals surface area contributed by atoms with Gasteiger partial charge in [-0.3, -0.25) is 0 Å². The van der Waals surface area contributed by atoms with Crippen LogP contribution in [0.25, 0.3) is 0 Å². The van der Waals surface area contributed by atoms with Gasteiger partial charge in [-0.2, -0.15) is 0 Å². The summed E-state index contributed by atoms with van der Waals surface area (Å²) in [5, 5.41) is 4.67. The number of nitrogens with one attached hydrogen (secondary N) is 1. The molecule has 0 aliphatic rings. The highest BCUT2D eigenvalue weighted by Gasteiger charge is 2.13. The quantitative estimate of drug-likeness (QED) is 0.447. The van der Waals surface area contributed by atoms with Gasteiger partial charge in [0.2, 0.25) is 0 Å². The topological polar surface area (TPSA) is 30.5 Å². The average Bonchev–Trinajstić information content (AvgIpc) is 2.70. The van der Waals surface area contributed by atoms with Crippen LogP contribution in [0.2, 0.25) is 10.0 Å². The van der Waals surface area contributed by atoms with Gasteiger partial charge in [-0.05, 0) is 47.9 Å². The van der Waals surface area contributed by atoms with Crippen molar-refractivity contribution in [2.75, 3.05) is 6.61 Å². The predicted molar refractivity (Wildman–Crippen MR) is 115 cm³/mol. The first-order chi connectivity index (χ1) is 13.7. The maximum Gasteiger partial charge on any atom is 0.180 e. The molecule has 0 bridgehead atoms. The maximum atomic E-state index is 6.50. The van der Waals surface area contributed by atoms with Crippen molar-refractivity contribution >= 4 is 23.2 Å². The zero-order chi connectivity index (χ0) is 19.8. The molecule has 3 aromatic carbocycles. The fraction of sp³-hybridized carbons (Fsp3) is 0.217. The van der Waals surface area contributed by atoms with Crippen LogP contribution in [0.5, 0.6) is 11.5 Å². The van der Waals surface area contributed by atoms with E-state index in [-0.39, 0.29) is 0 Å². The summed E-state index contributed by atoms with van der Waals surface area (Å²) in [5.74, 6) is 1.21. The Morgan fingerprint density at radius 2 is 1.50 bits per heavy atom. The summed E-state index contributed by atoms with van der Waals surface area (Å²) in [7, 11) is 0. The first kappa shape index (κ1) is 20.5. The van der Waals surface area contributed by atoms with Crippen molar-refractivity contribution in [1.29, 1.82) is 0 Å². The lowest BCUT2D eigenvalue weighted by Crippen LogP contribution is -2.13. The molecule has 3 rings (SSSR count). The van der Waals surface area contributed by atoms with E-state index in [2.05, 4.69) is 17.4 Å². The van der Waals surface area contributed by atoms with Gasteiger partial charge < -0.3 is 14.8 Å². The van der Waals surface area contributed by atoms with Crippen molar-refractivity contribution < 1.29 is 9.47 Å². The van der Waals surface area contributed by atoms with E-state index in [0.29, 0.717) is 41.3 Å². The van der Waals surface area contributed by atoms with Gasteiger partial charge in [-0.15, -0.1) is 0 Å². The third-order valence-electron chi connectivity index (χ3n) is 4.17. The molecule has 3 aromatic rings. The molecule has 0 radical (unpaired) electrons. The van der Waals surface area contributed by atoms with Crippen LogP contribution in [-0.4, -0.2) is 6.61 Å². The Morgan fingerprint density at radius 1 is 0.786 bits per heavy atom. The van der Waals surface area contributed by atoms with Crippen molar-refractivity contribution in [2.45, 2.75) is 26.6 Å². The van der Waals surface area contributed by atoms with Crippen LogP contribution < -0.4 is 14.8 Å². The minimum Gasteiger partial charge on any atom is -0.490 e. The highest BCUT2D eigenvalue weighted by atomic mass is 35.5. The molecule has 28 heavy (non-hydrogen) atoms. The van der Waals surface area contributed by atoms with E-state index in [1.165, 1.54) is 5.56 Å². The molecular formula is C23H23Cl2NO2. The molecule has 146 valence electrons. The minimum absolute atomic E-state index is 0.391. The molecule has 0 saturated heterocycles. The van der Waals surface area contributed by atoms with E-state index >= 15 is 0 Å². The number of rotatable bonds is 9. The average molecular weight is 416 g/mol. The molecule has 0 fully saturated rings. The molecule has 0 atom stereocenters. The van der Waals surface area contributed by atoms with E-state index in [4.69, 9.17) is 32.7 Å². The highest BCUT2D eigenvalue weighted by molar-refractivity contribution is 6.32. The standard InChI is InChI=1S/C23H23Cl2NO2/c1-2-27-22-13-19(15-26-14-17-6-4-3-5-7-17)12-21(25)23(22)28-16-18-8-10-20(24)11-9-18/h3-13,26H,2,14-16H2,1H3. The second kappa shape index (κ2) is 10.4. The van der Waals surface area contributed by atoms with E-state index in [1.54, 1.807) is 0 Å². The van der Waals surface area contributed by atoms with Gasteiger partial charge >= 0.3 is 0 Å². The Hall–Kier alpha value is -2.20. The molecule has 3 nitrogen and oxygen atoms in total. The van der Waals surface area contributed by atoms with Crippen molar-refractivity contribution in [1.82, 2.24) is 5.32 Å². The monoisotopic (exact) mass is 415 g/mol. The van der Waals surface area contributed by atoms with Crippen LogP contribution >= 0.6 is 23.2 Å². The Kier molecular flexibility index (Phi) is 7.61. The fourth-order valence-electron chi connectivity index (χ4n) is 2.81. The second-order valence-corrected chi connectivity index (χ2v) is 7.19. The molecule has 0 saturated carbocycles. The Morgan fingerprint density at radius 3 is 2.21 bits per heavy atom. The van der Waals surface area contributed by atoms with Gasteiger partial charge in [0.25, 0.3) is 0 Å². The Bertz CT molecular complexity index is 883. The van der Waals surface area contributed by atoms with E-state index in [9.17, 15) is 0 Å². The molecule has 0 aromatic heterocycles. The number of halogens is 2. The van der Waals surface area contributed by atoms with Crippen molar-refractivity contribution in [2.24, 2.45) is 0 Å². The molecule has 0 heterocycles. The molecule has 0 unspecified atom stereocenters. The predicted octanol–water partition coefficient (Wildman–Crippen LogP) is 6.26. The highest BCUT2D eigenvalue weighted by Crippen LogP contribution is 2.37. The summed E-state index contributed by atoms with van der Waals surface area (Å²) in [6.07, 6.45) is 0. The van der Waals surface area contributed by atoms with Crippen LogP contribution in [0.4, 0.5) is 0 Å². The van der Waals surface area contributed by atoms with Crippen LogP contribution in [-0.2, 0) is 19.7 Å². The van der Waals surface area contributed by atoms with Crippen molar-refractivity contribution in [3.63, 3.8) is 0 Å². The molecule has 0 amide bonds. The summed E-state index contributed by atoms with van der Waals surface area (Å²) in [4.78, 5) is 0. The number of hydrogen-bond donors (Lipinski definition) is 1. The third kappa shape index (κ3) is 5.90. The van der Waals surface area contributed by atoms with Gasteiger partial charge in [-0.25, -0.2) is 0 Å². The van der Waals surface area contributed by atoms with E-state index in [0.717, 1.165) is 17.7 Å². The zero-order valence-electron chi connectivity index (χ0n) is 15.8. The molecule has 5 heteroatoms. The first-order valence-electron chi connectivity index (χ1n) is 9.23. The normalized spacial score (nSPS) is 10.7. The van der Waals surface area contributed by atoms with Gasteiger partial charge in [0, 0.05) is 18.1 Å². The molecule has 0 aliphatic heterocycles. The molecule has 0 aliphatic carbocycles. The summed E-state index contributed by atoms with van der Waals surface area (Å²) in [5.41, 5.74) is 3.29. The Labute approximate surface area is 176 Å². The number of hydrogen-bond acceptors (Lipinski definition) is 3. The van der Waals surface area contributed by atoms with E-state index in [1.807, 2.05) is 61.5 Å². The molecule has 0 spiro atoms. The summed E-state index contributed by atoms with van der Waals surface area (Å²) in [6, 6.07) is 21.7. The number of benzene rings is 3.